The average Bonchev–Trinajstić information content (AvgIpc) is 2.49. The predicted molar refractivity (Wildman–Crippen MR) is 79.6 cm³/mol. The first kappa shape index (κ1) is 13.1. The molecule has 1 heterocycles. The smallest absolute Gasteiger partial charge is 0.115 e. The first-order valence-electron chi connectivity index (χ1n) is 7.22. The molecule has 0 saturated carbocycles. The van der Waals surface area contributed by atoms with Gasteiger partial charge < -0.3 is 10.4 Å². The summed E-state index contributed by atoms with van der Waals surface area (Å²) in [7, 11) is 0. The average molecular weight is 268 g/mol. The summed E-state index contributed by atoms with van der Waals surface area (Å²) in [6.45, 7) is 2.16. The molecule has 3 nitrogen and oxygen atoms in total. The molecule has 0 aliphatic heterocycles. The highest BCUT2D eigenvalue weighted by Crippen LogP contribution is 2.33. The Morgan fingerprint density at radius 1 is 1.35 bits per heavy atom. The summed E-state index contributed by atoms with van der Waals surface area (Å²) in [5, 5.41) is 13.4. The van der Waals surface area contributed by atoms with E-state index in [1.165, 1.54) is 23.1 Å². The Hall–Kier alpha value is -1.87. The fraction of sp³-hybridized carbons (Fsp3) is 0.353. The van der Waals surface area contributed by atoms with Crippen molar-refractivity contribution in [1.29, 1.82) is 0 Å². The number of hydrogen-bond donors (Lipinski definition) is 2. The monoisotopic (exact) mass is 268 g/mol. The summed E-state index contributed by atoms with van der Waals surface area (Å²) < 4.78 is 0. The van der Waals surface area contributed by atoms with Crippen molar-refractivity contribution in [2.24, 2.45) is 0 Å². The Morgan fingerprint density at radius 2 is 2.25 bits per heavy atom. The van der Waals surface area contributed by atoms with Gasteiger partial charge in [-0.1, -0.05) is 12.1 Å². The summed E-state index contributed by atoms with van der Waals surface area (Å²) >= 11 is 0. The van der Waals surface area contributed by atoms with Crippen molar-refractivity contribution < 1.29 is 5.11 Å². The Kier molecular flexibility index (Phi) is 3.70. The Labute approximate surface area is 119 Å². The van der Waals surface area contributed by atoms with E-state index in [1.807, 2.05) is 24.4 Å². The first-order chi connectivity index (χ1) is 9.74. The van der Waals surface area contributed by atoms with E-state index in [0.29, 0.717) is 11.8 Å². The Morgan fingerprint density at radius 3 is 3.05 bits per heavy atom. The molecule has 0 fully saturated rings. The van der Waals surface area contributed by atoms with Crippen molar-refractivity contribution in [2.75, 3.05) is 0 Å². The van der Waals surface area contributed by atoms with Gasteiger partial charge in [-0.15, -0.1) is 0 Å². The fourth-order valence-corrected chi connectivity index (χ4v) is 2.99. The van der Waals surface area contributed by atoms with Crippen molar-refractivity contribution in [1.82, 2.24) is 10.3 Å². The van der Waals surface area contributed by atoms with Gasteiger partial charge in [0.1, 0.15) is 5.75 Å². The van der Waals surface area contributed by atoms with Gasteiger partial charge in [-0.2, -0.15) is 0 Å². The number of phenolic OH excluding ortho intramolecular Hbond substituents is 1. The quantitative estimate of drug-likeness (QED) is 0.895. The summed E-state index contributed by atoms with van der Waals surface area (Å²) in [6, 6.07) is 10.4. The van der Waals surface area contributed by atoms with Gasteiger partial charge in [0.05, 0.1) is 0 Å². The lowest BCUT2D eigenvalue weighted by Crippen LogP contribution is -2.27. The van der Waals surface area contributed by atoms with Crippen LogP contribution < -0.4 is 5.32 Å². The first-order valence-corrected chi connectivity index (χ1v) is 7.22. The van der Waals surface area contributed by atoms with Gasteiger partial charge in [0.25, 0.3) is 0 Å². The molecule has 104 valence electrons. The minimum atomic E-state index is 0.252. The number of nitrogens with one attached hydrogen (secondary N) is 1. The summed E-state index contributed by atoms with van der Waals surface area (Å²) in [4.78, 5) is 4.18. The molecule has 3 heteroatoms. The molecule has 2 aromatic rings. The number of fused-ring (bicyclic) bond motifs is 1. The maximum atomic E-state index is 9.72. The van der Waals surface area contributed by atoms with E-state index in [4.69, 9.17) is 0 Å². The van der Waals surface area contributed by atoms with E-state index in [2.05, 4.69) is 23.3 Å². The van der Waals surface area contributed by atoms with Crippen molar-refractivity contribution in [3.63, 3.8) is 0 Å². The highest BCUT2D eigenvalue weighted by molar-refractivity contribution is 5.38. The molecule has 20 heavy (non-hydrogen) atoms. The molecule has 1 aliphatic rings. The second-order valence-corrected chi connectivity index (χ2v) is 5.50. The minimum absolute atomic E-state index is 0.252. The fourth-order valence-electron chi connectivity index (χ4n) is 2.99. The van der Waals surface area contributed by atoms with Gasteiger partial charge in [-0.05, 0) is 61.1 Å². The lowest BCUT2D eigenvalue weighted by molar-refractivity contribution is 0.410. The standard InChI is InChI=1S/C17H20N2O/c1-12(14-5-3-9-18-11-14)19-17-6-2-4-13-7-8-15(20)10-16(13)17/h3,5,7-12,17,19-20H,2,4,6H2,1H3/t12-,17?/m0/s1. The molecule has 2 N–H and O–H groups in total. The van der Waals surface area contributed by atoms with Crippen LogP contribution >= 0.6 is 0 Å². The number of rotatable bonds is 3. The third-order valence-corrected chi connectivity index (χ3v) is 4.08. The van der Waals surface area contributed by atoms with Gasteiger partial charge >= 0.3 is 0 Å². The van der Waals surface area contributed by atoms with Crippen molar-refractivity contribution in [3.8, 4) is 5.75 Å². The van der Waals surface area contributed by atoms with E-state index in [9.17, 15) is 5.11 Å². The highest BCUT2D eigenvalue weighted by atomic mass is 16.3. The molecule has 0 saturated heterocycles. The van der Waals surface area contributed by atoms with Crippen LogP contribution in [0.25, 0.3) is 0 Å². The maximum Gasteiger partial charge on any atom is 0.115 e. The molecule has 3 rings (SSSR count). The zero-order valence-corrected chi connectivity index (χ0v) is 11.7. The number of benzene rings is 1. The zero-order valence-electron chi connectivity index (χ0n) is 11.7. The van der Waals surface area contributed by atoms with E-state index in [-0.39, 0.29) is 6.04 Å². The maximum absolute atomic E-state index is 9.72. The van der Waals surface area contributed by atoms with Crippen molar-refractivity contribution >= 4 is 0 Å². The number of pyridine rings is 1. The van der Waals surface area contributed by atoms with Gasteiger partial charge in [0.15, 0.2) is 0 Å². The molecular formula is C17H20N2O. The van der Waals surface area contributed by atoms with Crippen LogP contribution in [0.3, 0.4) is 0 Å². The second-order valence-electron chi connectivity index (χ2n) is 5.50. The molecule has 2 atom stereocenters. The van der Waals surface area contributed by atoms with Crippen LogP contribution in [0.1, 0.15) is 48.5 Å². The Bertz CT molecular complexity index is 583. The number of aryl methyl sites for hydroxylation is 1. The molecule has 0 radical (unpaired) electrons. The SMILES string of the molecule is C[C@H](NC1CCCc2ccc(O)cc21)c1cccnc1. The van der Waals surface area contributed by atoms with Gasteiger partial charge in [-0.3, -0.25) is 4.98 Å². The predicted octanol–water partition coefficient (Wildman–Crippen LogP) is 3.52. The number of hydrogen-bond acceptors (Lipinski definition) is 3. The zero-order chi connectivity index (χ0) is 13.9. The number of aromatic nitrogens is 1. The lowest BCUT2D eigenvalue weighted by atomic mass is 9.87. The number of phenols is 1. The summed E-state index contributed by atoms with van der Waals surface area (Å²) in [6.07, 6.45) is 7.11. The second kappa shape index (κ2) is 5.63. The molecule has 0 spiro atoms. The third kappa shape index (κ3) is 2.68. The molecule has 0 amide bonds. The third-order valence-electron chi connectivity index (χ3n) is 4.08. The van der Waals surface area contributed by atoms with Crippen LogP contribution in [0.2, 0.25) is 0 Å². The van der Waals surface area contributed by atoms with Crippen LogP contribution in [0.5, 0.6) is 5.75 Å². The Balaban J connectivity index is 1.81. The van der Waals surface area contributed by atoms with Gasteiger partial charge in [-0.25, -0.2) is 0 Å². The molecular weight excluding hydrogens is 248 g/mol. The van der Waals surface area contributed by atoms with Crippen LogP contribution in [-0.2, 0) is 6.42 Å². The van der Waals surface area contributed by atoms with E-state index in [1.54, 1.807) is 12.3 Å². The largest absolute Gasteiger partial charge is 0.508 e. The van der Waals surface area contributed by atoms with Crippen molar-refractivity contribution in [2.45, 2.75) is 38.3 Å². The molecule has 1 aliphatic carbocycles. The lowest BCUT2D eigenvalue weighted by Gasteiger charge is -2.29. The minimum Gasteiger partial charge on any atom is -0.508 e. The number of aromatic hydroxyl groups is 1. The van der Waals surface area contributed by atoms with E-state index in [0.717, 1.165) is 12.8 Å². The normalized spacial score (nSPS) is 19.4. The van der Waals surface area contributed by atoms with Crippen LogP contribution in [-0.4, -0.2) is 10.1 Å². The highest BCUT2D eigenvalue weighted by Gasteiger charge is 2.22. The van der Waals surface area contributed by atoms with Crippen LogP contribution in [0.15, 0.2) is 42.7 Å². The van der Waals surface area contributed by atoms with Crippen LogP contribution in [0.4, 0.5) is 0 Å². The van der Waals surface area contributed by atoms with Gasteiger partial charge in [0.2, 0.25) is 0 Å². The van der Waals surface area contributed by atoms with Gasteiger partial charge in [0, 0.05) is 24.5 Å². The molecule has 0 bridgehead atoms. The van der Waals surface area contributed by atoms with E-state index < -0.39 is 0 Å². The summed E-state index contributed by atoms with van der Waals surface area (Å²) in [5.74, 6) is 0.353. The summed E-state index contributed by atoms with van der Waals surface area (Å²) in [5.41, 5.74) is 3.79. The molecule has 1 aromatic heterocycles. The molecule has 1 unspecified atom stereocenters. The molecule has 1 aromatic carbocycles. The van der Waals surface area contributed by atoms with E-state index >= 15 is 0 Å². The van der Waals surface area contributed by atoms with Crippen LogP contribution in [0, 0.1) is 0 Å². The van der Waals surface area contributed by atoms with Crippen molar-refractivity contribution in [3.05, 3.63) is 59.4 Å². The number of nitrogens with zero attached hydrogens (tertiary/aromatic N) is 1. The topological polar surface area (TPSA) is 45.1 Å².